The minimum Gasteiger partial charge on any atom is -0.408 e. The summed E-state index contributed by atoms with van der Waals surface area (Å²) in [5.74, 6) is -0.327. The molecule has 0 aliphatic carbocycles. The molecule has 1 aromatic heterocycles. The number of hydrogen-bond acceptors (Lipinski definition) is 4. The third kappa shape index (κ3) is 2.30. The first-order chi connectivity index (χ1) is 8.49. The molecule has 18 heavy (non-hydrogen) atoms. The van der Waals surface area contributed by atoms with Crippen LogP contribution in [-0.2, 0) is 0 Å². The molecule has 2 rings (SSSR count). The van der Waals surface area contributed by atoms with Gasteiger partial charge < -0.3 is 4.42 Å². The van der Waals surface area contributed by atoms with Crippen molar-refractivity contribution in [2.24, 2.45) is 5.10 Å². The molecular formula is C13H17N3O2. The van der Waals surface area contributed by atoms with E-state index in [1.165, 1.54) is 0 Å². The zero-order valence-electron chi connectivity index (χ0n) is 11.0. The highest BCUT2D eigenvalue weighted by Gasteiger charge is 2.12. The molecule has 5 nitrogen and oxygen atoms in total. The average Bonchev–Trinajstić information content (AvgIpc) is 2.61. The molecule has 0 fully saturated rings. The van der Waals surface area contributed by atoms with Crippen LogP contribution >= 0.6 is 0 Å². The summed E-state index contributed by atoms with van der Waals surface area (Å²) in [4.78, 5) is 11.7. The van der Waals surface area contributed by atoms with E-state index in [1.54, 1.807) is 10.6 Å². The Hall–Kier alpha value is -2.04. The van der Waals surface area contributed by atoms with Gasteiger partial charge in [0.2, 0.25) is 0 Å². The number of rotatable bonds is 3. The molecule has 0 radical (unpaired) electrons. The van der Waals surface area contributed by atoms with Crippen LogP contribution in [0, 0.1) is 0 Å². The van der Waals surface area contributed by atoms with Crippen molar-refractivity contribution in [2.45, 2.75) is 33.7 Å². The van der Waals surface area contributed by atoms with Crippen LogP contribution in [0.15, 0.2) is 32.5 Å². The summed E-state index contributed by atoms with van der Waals surface area (Å²) in [5, 5.41) is 4.13. The van der Waals surface area contributed by atoms with Gasteiger partial charge in [0, 0.05) is 11.8 Å². The maximum Gasteiger partial charge on any atom is 0.420 e. The minimum atomic E-state index is -0.327. The van der Waals surface area contributed by atoms with Crippen LogP contribution in [0.3, 0.4) is 0 Å². The highest BCUT2D eigenvalue weighted by molar-refractivity contribution is 5.81. The SMILES string of the molecule is CC(C)=NNc1ccc2oc(=O)n(C(C)C)c2c1. The van der Waals surface area contributed by atoms with Gasteiger partial charge in [0.15, 0.2) is 5.58 Å². The lowest BCUT2D eigenvalue weighted by Crippen LogP contribution is -2.15. The summed E-state index contributed by atoms with van der Waals surface area (Å²) in [5.41, 5.74) is 6.08. The molecule has 0 spiro atoms. The van der Waals surface area contributed by atoms with Crippen molar-refractivity contribution in [1.29, 1.82) is 0 Å². The maximum atomic E-state index is 11.7. The van der Waals surface area contributed by atoms with E-state index in [0.717, 1.165) is 16.9 Å². The van der Waals surface area contributed by atoms with E-state index in [4.69, 9.17) is 4.42 Å². The molecule has 2 aromatic rings. The fourth-order valence-corrected chi connectivity index (χ4v) is 1.77. The van der Waals surface area contributed by atoms with Crippen molar-refractivity contribution in [2.75, 3.05) is 5.43 Å². The van der Waals surface area contributed by atoms with E-state index in [1.807, 2.05) is 39.8 Å². The number of nitrogens with one attached hydrogen (secondary N) is 1. The molecule has 0 saturated heterocycles. The monoisotopic (exact) mass is 247 g/mol. The standard InChI is InChI=1S/C13H17N3O2/c1-8(2)14-15-10-5-6-12-11(7-10)16(9(3)4)13(17)18-12/h5-7,9,15H,1-4H3. The zero-order chi connectivity index (χ0) is 13.3. The normalized spacial score (nSPS) is 10.9. The number of nitrogens with zero attached hydrogens (tertiary/aromatic N) is 2. The molecule has 1 N–H and O–H groups in total. The maximum absolute atomic E-state index is 11.7. The lowest BCUT2D eigenvalue weighted by molar-refractivity contribution is 0.478. The van der Waals surface area contributed by atoms with Crippen molar-refractivity contribution >= 4 is 22.5 Å². The average molecular weight is 247 g/mol. The van der Waals surface area contributed by atoms with E-state index >= 15 is 0 Å². The van der Waals surface area contributed by atoms with Gasteiger partial charge in [-0.1, -0.05) is 0 Å². The van der Waals surface area contributed by atoms with E-state index in [9.17, 15) is 4.79 Å². The molecule has 1 heterocycles. The number of hydrogen-bond donors (Lipinski definition) is 1. The van der Waals surface area contributed by atoms with Gasteiger partial charge in [-0.2, -0.15) is 5.10 Å². The fraction of sp³-hybridized carbons (Fsp3) is 0.385. The smallest absolute Gasteiger partial charge is 0.408 e. The summed E-state index contributed by atoms with van der Waals surface area (Å²) in [6, 6.07) is 5.54. The number of anilines is 1. The van der Waals surface area contributed by atoms with Gasteiger partial charge in [0.25, 0.3) is 0 Å². The third-order valence-electron chi connectivity index (χ3n) is 2.54. The van der Waals surface area contributed by atoms with Crippen molar-refractivity contribution in [3.05, 3.63) is 28.7 Å². The summed E-state index contributed by atoms with van der Waals surface area (Å²) in [6.45, 7) is 7.72. The van der Waals surface area contributed by atoms with E-state index in [-0.39, 0.29) is 11.8 Å². The number of hydrazone groups is 1. The molecule has 0 aliphatic rings. The van der Waals surface area contributed by atoms with Crippen LogP contribution in [0.5, 0.6) is 0 Å². The van der Waals surface area contributed by atoms with E-state index in [2.05, 4.69) is 10.5 Å². The summed E-state index contributed by atoms with van der Waals surface area (Å²) >= 11 is 0. The van der Waals surface area contributed by atoms with Gasteiger partial charge in [-0.3, -0.25) is 9.99 Å². The van der Waals surface area contributed by atoms with E-state index in [0.29, 0.717) is 5.58 Å². The highest BCUT2D eigenvalue weighted by Crippen LogP contribution is 2.21. The third-order valence-corrected chi connectivity index (χ3v) is 2.54. The van der Waals surface area contributed by atoms with Gasteiger partial charge >= 0.3 is 5.76 Å². The van der Waals surface area contributed by atoms with Crippen LogP contribution < -0.4 is 11.2 Å². The Morgan fingerprint density at radius 3 is 2.72 bits per heavy atom. The fourth-order valence-electron chi connectivity index (χ4n) is 1.77. The Labute approximate surface area is 105 Å². The largest absolute Gasteiger partial charge is 0.420 e. The number of benzene rings is 1. The van der Waals surface area contributed by atoms with Crippen molar-refractivity contribution in [3.63, 3.8) is 0 Å². The van der Waals surface area contributed by atoms with Crippen molar-refractivity contribution in [3.8, 4) is 0 Å². The molecule has 0 atom stereocenters. The first-order valence-corrected chi connectivity index (χ1v) is 5.91. The van der Waals surface area contributed by atoms with Crippen LogP contribution in [-0.4, -0.2) is 10.3 Å². The van der Waals surface area contributed by atoms with Gasteiger partial charge in [0.1, 0.15) is 0 Å². The topological polar surface area (TPSA) is 59.5 Å². The van der Waals surface area contributed by atoms with Gasteiger partial charge in [-0.15, -0.1) is 0 Å². The predicted octanol–water partition coefficient (Wildman–Crippen LogP) is 2.98. The summed E-state index contributed by atoms with van der Waals surface area (Å²) < 4.78 is 6.81. The first kappa shape index (κ1) is 12.4. The molecule has 0 amide bonds. The summed E-state index contributed by atoms with van der Waals surface area (Å²) in [7, 11) is 0. The zero-order valence-corrected chi connectivity index (χ0v) is 11.0. The number of oxazole rings is 1. The highest BCUT2D eigenvalue weighted by atomic mass is 16.4. The van der Waals surface area contributed by atoms with Gasteiger partial charge in [0.05, 0.1) is 11.2 Å². The predicted molar refractivity (Wildman–Crippen MR) is 73.3 cm³/mol. The molecule has 0 aliphatic heterocycles. The lowest BCUT2D eigenvalue weighted by Gasteiger charge is -2.06. The molecular weight excluding hydrogens is 230 g/mol. The second-order valence-corrected chi connectivity index (χ2v) is 4.69. The lowest BCUT2D eigenvalue weighted by atomic mass is 10.2. The molecule has 0 saturated carbocycles. The van der Waals surface area contributed by atoms with Crippen LogP contribution in [0.25, 0.3) is 11.1 Å². The quantitative estimate of drug-likeness (QED) is 0.670. The van der Waals surface area contributed by atoms with E-state index < -0.39 is 0 Å². The van der Waals surface area contributed by atoms with Crippen molar-refractivity contribution < 1.29 is 4.42 Å². The molecule has 5 heteroatoms. The van der Waals surface area contributed by atoms with Crippen LogP contribution in [0.1, 0.15) is 33.7 Å². The molecule has 0 unspecified atom stereocenters. The molecule has 0 bridgehead atoms. The van der Waals surface area contributed by atoms with Crippen LogP contribution in [0.2, 0.25) is 0 Å². The van der Waals surface area contributed by atoms with Gasteiger partial charge in [-0.25, -0.2) is 4.79 Å². The first-order valence-electron chi connectivity index (χ1n) is 5.91. The second kappa shape index (κ2) is 4.68. The number of aromatic nitrogens is 1. The number of fused-ring (bicyclic) bond motifs is 1. The molecule has 96 valence electrons. The summed E-state index contributed by atoms with van der Waals surface area (Å²) in [6.07, 6.45) is 0. The van der Waals surface area contributed by atoms with Crippen molar-refractivity contribution in [1.82, 2.24) is 4.57 Å². The Kier molecular flexibility index (Phi) is 3.23. The Morgan fingerprint density at radius 2 is 2.11 bits per heavy atom. The molecule has 1 aromatic carbocycles. The minimum absolute atomic E-state index is 0.0606. The van der Waals surface area contributed by atoms with Gasteiger partial charge in [-0.05, 0) is 45.9 Å². The second-order valence-electron chi connectivity index (χ2n) is 4.69. The Bertz CT molecular complexity index is 646. The Balaban J connectivity index is 2.52. The Morgan fingerprint density at radius 1 is 1.39 bits per heavy atom. The van der Waals surface area contributed by atoms with Crippen LogP contribution in [0.4, 0.5) is 5.69 Å².